The zero-order valence-corrected chi connectivity index (χ0v) is 22.6. The van der Waals surface area contributed by atoms with Gasteiger partial charge < -0.3 is 15.1 Å². The smallest absolute Gasteiger partial charge is 0.0763 e. The summed E-state index contributed by atoms with van der Waals surface area (Å²) in [6.45, 7) is 15.8. The average molecular weight is 493 g/mol. The molecule has 0 bridgehead atoms. The Bertz CT molecular complexity index is 754. The van der Waals surface area contributed by atoms with Crippen LogP contribution in [0.3, 0.4) is 0 Å². The van der Waals surface area contributed by atoms with Crippen LogP contribution in [-0.2, 0) is 12.8 Å². The van der Waals surface area contributed by atoms with Crippen LogP contribution >= 0.6 is 23.2 Å². The van der Waals surface area contributed by atoms with E-state index >= 15 is 0 Å². The monoisotopic (exact) mass is 491 g/mol. The van der Waals surface area contributed by atoms with Crippen molar-refractivity contribution in [1.82, 2.24) is 9.80 Å². The van der Waals surface area contributed by atoms with Crippen LogP contribution in [0.1, 0.15) is 64.5 Å². The van der Waals surface area contributed by atoms with E-state index in [0.717, 1.165) is 57.8 Å². The molecule has 0 saturated carbocycles. The quantitative estimate of drug-likeness (QED) is 0.256. The van der Waals surface area contributed by atoms with Crippen molar-refractivity contribution in [2.24, 2.45) is 0 Å². The highest BCUT2D eigenvalue weighted by Crippen LogP contribution is 2.35. The van der Waals surface area contributed by atoms with E-state index in [9.17, 15) is 0 Å². The lowest BCUT2D eigenvalue weighted by Gasteiger charge is -2.25. The van der Waals surface area contributed by atoms with E-state index in [1.807, 2.05) is 18.2 Å². The van der Waals surface area contributed by atoms with Crippen LogP contribution < -0.4 is 5.32 Å². The average Bonchev–Trinajstić information content (AvgIpc) is 2.79. The Morgan fingerprint density at radius 1 is 0.576 bits per heavy atom. The Balaban J connectivity index is 2.32. The Morgan fingerprint density at radius 3 is 1.36 bits per heavy atom. The van der Waals surface area contributed by atoms with Gasteiger partial charge in [-0.05, 0) is 88.0 Å². The summed E-state index contributed by atoms with van der Waals surface area (Å²) in [5.74, 6) is 0. The molecule has 3 nitrogen and oxygen atoms in total. The molecule has 184 valence electrons. The first-order valence-corrected chi connectivity index (χ1v) is 13.6. The number of hydrogen-bond donors (Lipinski definition) is 1. The number of benzene rings is 2. The standard InChI is InChI=1S/C28H43Cl2N3/c1-5-17-32(18-6-2)21-15-23-11-9-12-24(16-22-33(19-7-3)20-8-4)27(23)31-28-25(29)13-10-14-26(28)30/h9-14,31H,5-8,15-22H2,1-4H3. The minimum atomic E-state index is 0.653. The molecule has 0 fully saturated rings. The molecule has 0 radical (unpaired) electrons. The Morgan fingerprint density at radius 2 is 0.970 bits per heavy atom. The lowest BCUT2D eigenvalue weighted by molar-refractivity contribution is 0.277. The lowest BCUT2D eigenvalue weighted by atomic mass is 10.0. The number of rotatable bonds is 16. The predicted molar refractivity (Wildman–Crippen MR) is 148 cm³/mol. The minimum absolute atomic E-state index is 0.653. The highest BCUT2D eigenvalue weighted by atomic mass is 35.5. The summed E-state index contributed by atoms with van der Waals surface area (Å²) in [5, 5.41) is 4.96. The van der Waals surface area contributed by atoms with E-state index in [1.165, 1.54) is 42.5 Å². The summed E-state index contributed by atoms with van der Waals surface area (Å²) in [6, 6.07) is 12.4. The third kappa shape index (κ3) is 9.13. The molecule has 0 aliphatic carbocycles. The molecule has 0 aliphatic rings. The van der Waals surface area contributed by atoms with Gasteiger partial charge in [0.15, 0.2) is 0 Å². The van der Waals surface area contributed by atoms with Crippen molar-refractivity contribution in [2.75, 3.05) is 44.6 Å². The molecule has 0 atom stereocenters. The molecule has 1 N–H and O–H groups in total. The molecule has 0 spiro atoms. The highest BCUT2D eigenvalue weighted by Gasteiger charge is 2.15. The molecule has 5 heteroatoms. The van der Waals surface area contributed by atoms with Gasteiger partial charge in [0, 0.05) is 18.8 Å². The molecule has 33 heavy (non-hydrogen) atoms. The van der Waals surface area contributed by atoms with Gasteiger partial charge in [0.2, 0.25) is 0 Å². The molecule has 0 saturated heterocycles. The highest BCUT2D eigenvalue weighted by molar-refractivity contribution is 6.39. The largest absolute Gasteiger partial charge is 0.353 e. The first-order valence-electron chi connectivity index (χ1n) is 12.8. The van der Waals surface area contributed by atoms with Gasteiger partial charge in [0.05, 0.1) is 15.7 Å². The molecule has 0 aromatic heterocycles. The maximum atomic E-state index is 6.54. The lowest BCUT2D eigenvalue weighted by Crippen LogP contribution is -2.28. The summed E-state index contributed by atoms with van der Waals surface area (Å²) in [4.78, 5) is 5.15. The third-order valence-electron chi connectivity index (χ3n) is 6.00. The second-order valence-corrected chi connectivity index (χ2v) is 9.67. The van der Waals surface area contributed by atoms with Crippen molar-refractivity contribution in [3.8, 4) is 0 Å². The maximum absolute atomic E-state index is 6.54. The number of halogens is 2. The summed E-state index contributed by atoms with van der Waals surface area (Å²) >= 11 is 13.1. The van der Waals surface area contributed by atoms with E-state index in [2.05, 4.69) is 61.0 Å². The van der Waals surface area contributed by atoms with Crippen LogP contribution in [0, 0.1) is 0 Å². The minimum Gasteiger partial charge on any atom is -0.353 e. The van der Waals surface area contributed by atoms with Crippen LogP contribution in [0.15, 0.2) is 36.4 Å². The topological polar surface area (TPSA) is 18.5 Å². The van der Waals surface area contributed by atoms with Crippen LogP contribution in [-0.4, -0.2) is 49.1 Å². The van der Waals surface area contributed by atoms with E-state index in [-0.39, 0.29) is 0 Å². The number of nitrogens with one attached hydrogen (secondary N) is 1. The van der Waals surface area contributed by atoms with E-state index in [1.54, 1.807) is 0 Å². The van der Waals surface area contributed by atoms with Crippen molar-refractivity contribution < 1.29 is 0 Å². The van der Waals surface area contributed by atoms with Crippen molar-refractivity contribution in [3.05, 3.63) is 57.6 Å². The van der Waals surface area contributed by atoms with Gasteiger partial charge in [0.25, 0.3) is 0 Å². The Hall–Kier alpha value is -1.26. The number of hydrogen-bond acceptors (Lipinski definition) is 3. The molecule has 2 rings (SSSR count). The SMILES string of the molecule is CCCN(CCC)CCc1cccc(CCN(CCC)CCC)c1Nc1c(Cl)cccc1Cl. The summed E-state index contributed by atoms with van der Waals surface area (Å²) in [5.41, 5.74) is 4.64. The first-order chi connectivity index (χ1) is 16.0. The Kier molecular flexibility index (Phi) is 13.2. The molecule has 0 amide bonds. The van der Waals surface area contributed by atoms with Gasteiger partial charge in [-0.3, -0.25) is 0 Å². The van der Waals surface area contributed by atoms with Crippen LogP contribution in [0.4, 0.5) is 11.4 Å². The summed E-state index contributed by atoms with van der Waals surface area (Å²) < 4.78 is 0. The fourth-order valence-electron chi connectivity index (χ4n) is 4.47. The van der Waals surface area contributed by atoms with Gasteiger partial charge in [-0.2, -0.15) is 0 Å². The number of para-hydroxylation sites is 2. The summed E-state index contributed by atoms with van der Waals surface area (Å²) in [6.07, 6.45) is 6.75. The van der Waals surface area contributed by atoms with Gasteiger partial charge in [-0.25, -0.2) is 0 Å². The normalized spacial score (nSPS) is 11.5. The van der Waals surface area contributed by atoms with Crippen LogP contribution in [0.5, 0.6) is 0 Å². The van der Waals surface area contributed by atoms with Crippen molar-refractivity contribution in [1.29, 1.82) is 0 Å². The van der Waals surface area contributed by atoms with E-state index in [4.69, 9.17) is 23.2 Å². The van der Waals surface area contributed by atoms with Gasteiger partial charge >= 0.3 is 0 Å². The van der Waals surface area contributed by atoms with Gasteiger partial charge in [-0.1, -0.05) is 75.2 Å². The second-order valence-electron chi connectivity index (χ2n) is 8.86. The van der Waals surface area contributed by atoms with E-state index < -0.39 is 0 Å². The second kappa shape index (κ2) is 15.6. The zero-order valence-electron chi connectivity index (χ0n) is 21.1. The molecule has 2 aromatic rings. The fraction of sp³-hybridized carbons (Fsp3) is 0.571. The third-order valence-corrected chi connectivity index (χ3v) is 6.63. The van der Waals surface area contributed by atoms with Gasteiger partial charge in [0.1, 0.15) is 0 Å². The molecule has 0 heterocycles. The molecule has 2 aromatic carbocycles. The molecule has 0 unspecified atom stereocenters. The predicted octanol–water partition coefficient (Wildman–Crippen LogP) is 8.07. The van der Waals surface area contributed by atoms with Gasteiger partial charge in [-0.15, -0.1) is 0 Å². The molecular weight excluding hydrogens is 449 g/mol. The van der Waals surface area contributed by atoms with Crippen LogP contribution in [0.2, 0.25) is 10.0 Å². The summed E-state index contributed by atoms with van der Waals surface area (Å²) in [7, 11) is 0. The molecular formula is C28H43Cl2N3. The van der Waals surface area contributed by atoms with E-state index in [0.29, 0.717) is 10.0 Å². The molecule has 0 aliphatic heterocycles. The Labute approximate surface area is 212 Å². The van der Waals surface area contributed by atoms with Crippen molar-refractivity contribution in [2.45, 2.75) is 66.2 Å². The first kappa shape index (κ1) is 28.0. The van der Waals surface area contributed by atoms with Crippen LogP contribution in [0.25, 0.3) is 0 Å². The fourth-order valence-corrected chi connectivity index (χ4v) is 4.96. The number of anilines is 2. The zero-order chi connectivity index (χ0) is 24.1. The van der Waals surface area contributed by atoms with Crippen molar-refractivity contribution >= 4 is 34.6 Å². The maximum Gasteiger partial charge on any atom is 0.0763 e. The number of nitrogens with zero attached hydrogens (tertiary/aromatic N) is 2. The van der Waals surface area contributed by atoms with Crippen molar-refractivity contribution in [3.63, 3.8) is 0 Å².